The van der Waals surface area contributed by atoms with Gasteiger partial charge in [-0.1, -0.05) is 44.7 Å². The maximum atomic E-state index is 12.4. The molecule has 4 heteroatoms. The summed E-state index contributed by atoms with van der Waals surface area (Å²) in [5.74, 6) is 0.377. The number of hydrogen-bond donors (Lipinski definition) is 0. The fraction of sp³-hybridized carbons (Fsp3) is 0.625. The van der Waals surface area contributed by atoms with E-state index in [1.807, 2.05) is 39.0 Å². The van der Waals surface area contributed by atoms with Gasteiger partial charge in [0.25, 0.3) is 0 Å². The first-order valence-electron chi connectivity index (χ1n) is 7.16. The van der Waals surface area contributed by atoms with Crippen LogP contribution < -0.4 is 0 Å². The van der Waals surface area contributed by atoms with Crippen LogP contribution in [0.5, 0.6) is 0 Å². The Kier molecular flexibility index (Phi) is 5.63. The van der Waals surface area contributed by atoms with Gasteiger partial charge in [-0.3, -0.25) is 4.90 Å². The third-order valence-electron chi connectivity index (χ3n) is 3.84. The van der Waals surface area contributed by atoms with Crippen molar-refractivity contribution in [1.82, 2.24) is 4.90 Å². The Morgan fingerprint density at radius 2 is 2.05 bits per heavy atom. The van der Waals surface area contributed by atoms with Crippen LogP contribution in [-0.4, -0.2) is 30.7 Å². The predicted molar refractivity (Wildman–Crippen MR) is 77.5 cm³/mol. The number of piperidine rings is 1. The van der Waals surface area contributed by atoms with E-state index in [-0.39, 0.29) is 5.41 Å². The molecular weight excluding hydrogens is 263 g/mol. The van der Waals surface area contributed by atoms with Crippen LogP contribution in [0.2, 0.25) is 0 Å². The van der Waals surface area contributed by atoms with Gasteiger partial charge in [-0.15, -0.1) is 0 Å². The summed E-state index contributed by atoms with van der Waals surface area (Å²) in [7, 11) is 0. The second-order valence-corrected chi connectivity index (χ2v) is 5.20. The number of likely N-dealkylation sites (tertiary alicyclic amines) is 1. The lowest BCUT2D eigenvalue weighted by Gasteiger charge is -2.22. The Labute approximate surface area is 119 Å². The Morgan fingerprint density at radius 1 is 1.40 bits per heavy atom. The number of alkyl halides is 3. The third kappa shape index (κ3) is 3.75. The van der Waals surface area contributed by atoms with E-state index in [2.05, 4.69) is 6.58 Å². The topological polar surface area (TPSA) is 3.24 Å². The van der Waals surface area contributed by atoms with E-state index in [4.69, 9.17) is 0 Å². The van der Waals surface area contributed by atoms with Crippen LogP contribution >= 0.6 is 0 Å². The van der Waals surface area contributed by atoms with Crippen molar-refractivity contribution in [1.29, 1.82) is 0 Å². The monoisotopic (exact) mass is 287 g/mol. The standard InChI is InChI=1S/C14H18F3N.C2H6/c1-3-5-11(6-4-2)13-7-12(13)8-18(9-13)10-14(15,16)17;1-2/h3-6,12H,1,7-10H2,2H3;1-2H3/b6-4-,11-5+;. The summed E-state index contributed by atoms with van der Waals surface area (Å²) in [5, 5.41) is 0. The fourth-order valence-corrected chi connectivity index (χ4v) is 3.10. The molecule has 0 amide bonds. The van der Waals surface area contributed by atoms with Crippen molar-refractivity contribution in [2.24, 2.45) is 11.3 Å². The largest absolute Gasteiger partial charge is 0.401 e. The molecule has 1 nitrogen and oxygen atoms in total. The van der Waals surface area contributed by atoms with Crippen molar-refractivity contribution in [3.05, 3.63) is 36.5 Å². The van der Waals surface area contributed by atoms with Gasteiger partial charge in [-0.2, -0.15) is 13.2 Å². The predicted octanol–water partition coefficient (Wildman–Crippen LogP) is 4.59. The molecule has 1 saturated heterocycles. The van der Waals surface area contributed by atoms with Crippen LogP contribution in [0, 0.1) is 11.3 Å². The minimum absolute atomic E-state index is 0.0497. The van der Waals surface area contributed by atoms with Gasteiger partial charge in [-0.05, 0) is 24.8 Å². The fourth-order valence-electron chi connectivity index (χ4n) is 3.10. The van der Waals surface area contributed by atoms with Gasteiger partial charge >= 0.3 is 6.18 Å². The first-order chi connectivity index (χ1) is 9.41. The van der Waals surface area contributed by atoms with Gasteiger partial charge in [0.05, 0.1) is 6.54 Å². The Balaban J connectivity index is 0.000000956. The number of allylic oxidation sites excluding steroid dienone is 4. The van der Waals surface area contributed by atoms with E-state index in [0.29, 0.717) is 19.0 Å². The lowest BCUT2D eigenvalue weighted by atomic mass is 9.93. The van der Waals surface area contributed by atoms with Crippen molar-refractivity contribution in [3.63, 3.8) is 0 Å². The summed E-state index contributed by atoms with van der Waals surface area (Å²) in [6.45, 7) is 9.89. The summed E-state index contributed by atoms with van der Waals surface area (Å²) >= 11 is 0. The lowest BCUT2D eigenvalue weighted by molar-refractivity contribution is -0.144. The summed E-state index contributed by atoms with van der Waals surface area (Å²) in [4.78, 5) is 1.52. The molecule has 1 aliphatic carbocycles. The van der Waals surface area contributed by atoms with E-state index in [0.717, 1.165) is 12.0 Å². The van der Waals surface area contributed by atoms with E-state index in [9.17, 15) is 13.2 Å². The number of rotatable bonds is 4. The Bertz CT molecular complexity index is 395. The highest BCUT2D eigenvalue weighted by molar-refractivity contribution is 5.39. The quantitative estimate of drug-likeness (QED) is 0.684. The molecule has 0 radical (unpaired) electrons. The molecule has 0 aromatic heterocycles. The molecule has 2 rings (SSSR count). The highest BCUT2D eigenvalue weighted by Gasteiger charge is 2.61. The van der Waals surface area contributed by atoms with Gasteiger partial charge in [-0.25, -0.2) is 0 Å². The Hall–Kier alpha value is -1.03. The highest BCUT2D eigenvalue weighted by atomic mass is 19.4. The average molecular weight is 287 g/mol. The van der Waals surface area contributed by atoms with Crippen LogP contribution in [0.4, 0.5) is 13.2 Å². The van der Waals surface area contributed by atoms with Crippen molar-refractivity contribution in [2.45, 2.75) is 33.4 Å². The maximum absolute atomic E-state index is 12.4. The molecule has 1 saturated carbocycles. The van der Waals surface area contributed by atoms with Gasteiger partial charge in [0.1, 0.15) is 0 Å². The molecule has 0 bridgehead atoms. The first kappa shape index (κ1) is 17.0. The normalized spacial score (nSPS) is 29.9. The van der Waals surface area contributed by atoms with E-state index in [1.54, 1.807) is 6.08 Å². The smallest absolute Gasteiger partial charge is 0.294 e. The van der Waals surface area contributed by atoms with Crippen molar-refractivity contribution >= 4 is 0 Å². The summed E-state index contributed by atoms with van der Waals surface area (Å²) < 4.78 is 37.2. The number of halogens is 3. The van der Waals surface area contributed by atoms with Gasteiger partial charge in [0.2, 0.25) is 0 Å². The molecule has 2 atom stereocenters. The van der Waals surface area contributed by atoms with Crippen molar-refractivity contribution in [3.8, 4) is 0 Å². The molecule has 20 heavy (non-hydrogen) atoms. The molecule has 0 aromatic carbocycles. The molecule has 2 aliphatic rings. The van der Waals surface area contributed by atoms with Crippen molar-refractivity contribution in [2.75, 3.05) is 19.6 Å². The molecule has 0 N–H and O–H groups in total. The van der Waals surface area contributed by atoms with Crippen LogP contribution in [0.1, 0.15) is 27.2 Å². The zero-order chi connectivity index (χ0) is 15.4. The molecule has 0 aromatic rings. The van der Waals surface area contributed by atoms with Gasteiger partial charge in [0, 0.05) is 18.5 Å². The van der Waals surface area contributed by atoms with Gasteiger partial charge < -0.3 is 0 Å². The number of fused-ring (bicyclic) bond motifs is 1. The Morgan fingerprint density at radius 3 is 2.55 bits per heavy atom. The molecular formula is C16H24F3N. The minimum Gasteiger partial charge on any atom is -0.294 e. The zero-order valence-electron chi connectivity index (χ0n) is 12.5. The average Bonchev–Trinajstić information content (AvgIpc) is 2.93. The van der Waals surface area contributed by atoms with Crippen LogP contribution in [-0.2, 0) is 0 Å². The second kappa shape index (κ2) is 6.61. The van der Waals surface area contributed by atoms with Crippen LogP contribution in [0.15, 0.2) is 36.5 Å². The highest BCUT2D eigenvalue weighted by Crippen LogP contribution is 2.62. The number of hydrogen-bond acceptors (Lipinski definition) is 1. The lowest BCUT2D eigenvalue weighted by Crippen LogP contribution is -2.35. The zero-order valence-corrected chi connectivity index (χ0v) is 12.5. The molecule has 2 fully saturated rings. The molecule has 1 aliphatic heterocycles. The molecule has 1 heterocycles. The van der Waals surface area contributed by atoms with E-state index < -0.39 is 12.7 Å². The molecule has 0 spiro atoms. The van der Waals surface area contributed by atoms with E-state index in [1.165, 1.54) is 4.90 Å². The summed E-state index contributed by atoms with van der Waals surface area (Å²) in [6, 6.07) is 0. The second-order valence-electron chi connectivity index (χ2n) is 5.20. The maximum Gasteiger partial charge on any atom is 0.401 e. The van der Waals surface area contributed by atoms with E-state index >= 15 is 0 Å². The SMILES string of the molecule is C=C/C=C(\C=C/C)C12CC1CN(CC(F)(F)F)C2.CC. The summed E-state index contributed by atoms with van der Waals surface area (Å²) in [5.41, 5.74) is 1.07. The summed E-state index contributed by atoms with van der Waals surface area (Å²) in [6.07, 6.45) is 4.49. The molecule has 114 valence electrons. The third-order valence-corrected chi connectivity index (χ3v) is 3.84. The van der Waals surface area contributed by atoms with Crippen molar-refractivity contribution < 1.29 is 13.2 Å². The van der Waals surface area contributed by atoms with Crippen LogP contribution in [0.25, 0.3) is 0 Å². The van der Waals surface area contributed by atoms with Gasteiger partial charge in [0.15, 0.2) is 0 Å². The number of nitrogens with zero attached hydrogens (tertiary/aromatic N) is 1. The molecule has 2 unspecified atom stereocenters. The first-order valence-corrected chi connectivity index (χ1v) is 7.16. The van der Waals surface area contributed by atoms with Crippen LogP contribution in [0.3, 0.4) is 0 Å². The minimum atomic E-state index is -4.10.